The van der Waals surface area contributed by atoms with Crippen molar-refractivity contribution in [2.45, 2.75) is 69.3 Å². The Bertz CT molecular complexity index is 447. The number of urea groups is 1. The molecule has 0 radical (unpaired) electrons. The first-order valence-electron chi connectivity index (χ1n) is 9.83. The van der Waals surface area contributed by atoms with Crippen molar-refractivity contribution in [1.29, 1.82) is 0 Å². The molecule has 136 valence electrons. The summed E-state index contributed by atoms with van der Waals surface area (Å²) < 4.78 is 12.1. The maximum Gasteiger partial charge on any atom is 0.317 e. The third-order valence-electron chi connectivity index (χ3n) is 6.12. The Morgan fingerprint density at radius 3 is 2.67 bits per heavy atom. The summed E-state index contributed by atoms with van der Waals surface area (Å²) in [4.78, 5) is 16.9. The van der Waals surface area contributed by atoms with Gasteiger partial charge in [0, 0.05) is 38.5 Å². The number of carbonyl (C=O) groups is 1. The molecule has 2 atom stereocenters. The van der Waals surface area contributed by atoms with E-state index < -0.39 is 0 Å². The van der Waals surface area contributed by atoms with Crippen molar-refractivity contribution in [3.05, 3.63) is 0 Å². The predicted molar refractivity (Wildman–Crippen MR) is 90.8 cm³/mol. The number of hydrogen-bond donors (Lipinski definition) is 1. The van der Waals surface area contributed by atoms with Crippen LogP contribution in [0.4, 0.5) is 4.79 Å². The molecule has 2 unspecified atom stereocenters. The van der Waals surface area contributed by atoms with E-state index in [0.29, 0.717) is 19.2 Å². The normalized spacial score (nSPS) is 33.4. The molecule has 0 aromatic heterocycles. The number of nitrogens with zero attached hydrogens (tertiary/aromatic N) is 2. The SMILES string of the molecule is O=C(NCC1COC2(CCCCC2)O1)N1CCC(N2CCCC2)C1. The Morgan fingerprint density at radius 1 is 1.08 bits per heavy atom. The van der Waals surface area contributed by atoms with Gasteiger partial charge in [-0.15, -0.1) is 0 Å². The van der Waals surface area contributed by atoms with Gasteiger partial charge >= 0.3 is 6.03 Å². The lowest BCUT2D eigenvalue weighted by molar-refractivity contribution is -0.186. The molecule has 1 saturated carbocycles. The summed E-state index contributed by atoms with van der Waals surface area (Å²) in [6, 6.07) is 0.625. The summed E-state index contributed by atoms with van der Waals surface area (Å²) >= 11 is 0. The van der Waals surface area contributed by atoms with Gasteiger partial charge in [0.15, 0.2) is 5.79 Å². The van der Waals surface area contributed by atoms with Gasteiger partial charge in [0.1, 0.15) is 6.10 Å². The Morgan fingerprint density at radius 2 is 1.88 bits per heavy atom. The summed E-state index contributed by atoms with van der Waals surface area (Å²) in [6.07, 6.45) is 9.39. The van der Waals surface area contributed by atoms with E-state index in [1.165, 1.54) is 45.2 Å². The largest absolute Gasteiger partial charge is 0.347 e. The summed E-state index contributed by atoms with van der Waals surface area (Å²) in [5.41, 5.74) is 0. The number of ether oxygens (including phenoxy) is 2. The highest BCUT2D eigenvalue weighted by Crippen LogP contribution is 2.37. The minimum Gasteiger partial charge on any atom is -0.347 e. The molecule has 4 rings (SSSR count). The van der Waals surface area contributed by atoms with Gasteiger partial charge in [-0.2, -0.15) is 0 Å². The van der Waals surface area contributed by atoms with E-state index in [1.807, 2.05) is 4.90 Å². The topological polar surface area (TPSA) is 54.0 Å². The van der Waals surface area contributed by atoms with Crippen LogP contribution in [0.3, 0.4) is 0 Å². The summed E-state index contributed by atoms with van der Waals surface area (Å²) in [5, 5.41) is 3.06. The molecule has 0 aromatic carbocycles. The molecule has 3 heterocycles. The lowest BCUT2D eigenvalue weighted by Gasteiger charge is -2.31. The van der Waals surface area contributed by atoms with Crippen LogP contribution >= 0.6 is 0 Å². The van der Waals surface area contributed by atoms with Crippen LogP contribution in [0.25, 0.3) is 0 Å². The molecule has 4 fully saturated rings. The molecule has 0 bridgehead atoms. The van der Waals surface area contributed by atoms with Crippen molar-refractivity contribution in [3.8, 4) is 0 Å². The van der Waals surface area contributed by atoms with E-state index in [1.54, 1.807) is 0 Å². The fourth-order valence-corrected chi connectivity index (χ4v) is 4.71. The van der Waals surface area contributed by atoms with Gasteiger partial charge in [0.2, 0.25) is 0 Å². The van der Waals surface area contributed by atoms with E-state index in [0.717, 1.165) is 32.4 Å². The molecule has 24 heavy (non-hydrogen) atoms. The number of nitrogens with one attached hydrogen (secondary N) is 1. The summed E-state index contributed by atoms with van der Waals surface area (Å²) in [5.74, 6) is -0.345. The molecule has 1 aliphatic carbocycles. The van der Waals surface area contributed by atoms with Crippen molar-refractivity contribution < 1.29 is 14.3 Å². The maximum absolute atomic E-state index is 12.4. The van der Waals surface area contributed by atoms with Crippen molar-refractivity contribution in [1.82, 2.24) is 15.1 Å². The van der Waals surface area contributed by atoms with Crippen molar-refractivity contribution in [3.63, 3.8) is 0 Å². The van der Waals surface area contributed by atoms with Crippen LogP contribution in [0.15, 0.2) is 0 Å². The molecule has 0 aromatic rings. The second kappa shape index (κ2) is 7.18. The Balaban J connectivity index is 1.20. The zero-order valence-corrected chi connectivity index (χ0v) is 14.7. The summed E-state index contributed by atoms with van der Waals surface area (Å²) in [6.45, 7) is 5.32. The predicted octanol–water partition coefficient (Wildman–Crippen LogP) is 1.94. The van der Waals surface area contributed by atoms with Crippen LogP contribution in [0, 0.1) is 0 Å². The third-order valence-corrected chi connectivity index (χ3v) is 6.12. The van der Waals surface area contributed by atoms with E-state index in [4.69, 9.17) is 9.47 Å². The van der Waals surface area contributed by atoms with E-state index in [-0.39, 0.29) is 17.9 Å². The van der Waals surface area contributed by atoms with Crippen LogP contribution < -0.4 is 5.32 Å². The number of likely N-dealkylation sites (tertiary alicyclic amines) is 2. The van der Waals surface area contributed by atoms with Gasteiger partial charge in [-0.1, -0.05) is 6.42 Å². The molecule has 3 saturated heterocycles. The Labute approximate surface area is 144 Å². The lowest BCUT2D eigenvalue weighted by atomic mass is 9.94. The Kier molecular flexibility index (Phi) is 4.97. The van der Waals surface area contributed by atoms with E-state index in [2.05, 4.69) is 10.2 Å². The lowest BCUT2D eigenvalue weighted by Crippen LogP contribution is -2.44. The highest BCUT2D eigenvalue weighted by molar-refractivity contribution is 5.74. The fourth-order valence-electron chi connectivity index (χ4n) is 4.71. The molecular weight excluding hydrogens is 306 g/mol. The van der Waals surface area contributed by atoms with Gasteiger partial charge in [-0.25, -0.2) is 4.79 Å². The van der Waals surface area contributed by atoms with Crippen LogP contribution in [-0.4, -0.2) is 73.1 Å². The van der Waals surface area contributed by atoms with E-state index in [9.17, 15) is 4.79 Å². The van der Waals surface area contributed by atoms with Gasteiger partial charge in [0.05, 0.1) is 6.61 Å². The molecule has 3 aliphatic heterocycles. The maximum atomic E-state index is 12.4. The molecule has 1 N–H and O–H groups in total. The van der Waals surface area contributed by atoms with Gasteiger partial charge in [-0.05, 0) is 45.2 Å². The monoisotopic (exact) mass is 337 g/mol. The molecule has 6 heteroatoms. The van der Waals surface area contributed by atoms with Crippen molar-refractivity contribution in [2.75, 3.05) is 39.3 Å². The van der Waals surface area contributed by atoms with Crippen molar-refractivity contribution >= 4 is 6.03 Å². The fraction of sp³-hybridized carbons (Fsp3) is 0.944. The van der Waals surface area contributed by atoms with Gasteiger partial charge < -0.3 is 19.7 Å². The van der Waals surface area contributed by atoms with Crippen LogP contribution in [-0.2, 0) is 9.47 Å². The smallest absolute Gasteiger partial charge is 0.317 e. The highest BCUT2D eigenvalue weighted by atomic mass is 16.7. The highest BCUT2D eigenvalue weighted by Gasteiger charge is 2.42. The first-order valence-corrected chi connectivity index (χ1v) is 9.83. The van der Waals surface area contributed by atoms with Crippen molar-refractivity contribution in [2.24, 2.45) is 0 Å². The number of rotatable bonds is 3. The van der Waals surface area contributed by atoms with Crippen LogP contribution in [0.1, 0.15) is 51.4 Å². The number of hydrogen-bond acceptors (Lipinski definition) is 4. The molecular formula is C18H31N3O3. The first-order chi connectivity index (χ1) is 11.7. The standard InChI is InChI=1S/C18H31N3O3/c22-17(21-11-6-15(13-21)20-9-4-5-10-20)19-12-16-14-23-18(24-16)7-2-1-3-8-18/h15-16H,1-14H2,(H,19,22). The van der Waals surface area contributed by atoms with Crippen LogP contribution in [0.2, 0.25) is 0 Å². The molecule has 2 amide bonds. The second-order valence-corrected chi connectivity index (χ2v) is 7.84. The average Bonchev–Trinajstić information content (AvgIpc) is 3.34. The minimum absolute atomic E-state index is 0.00373. The Hall–Kier alpha value is -0.850. The van der Waals surface area contributed by atoms with E-state index >= 15 is 0 Å². The minimum atomic E-state index is -0.345. The molecule has 6 nitrogen and oxygen atoms in total. The summed E-state index contributed by atoms with van der Waals surface area (Å²) in [7, 11) is 0. The van der Waals surface area contributed by atoms with Gasteiger partial charge in [0.25, 0.3) is 0 Å². The average molecular weight is 337 g/mol. The molecule has 1 spiro atoms. The van der Waals surface area contributed by atoms with Crippen LogP contribution in [0.5, 0.6) is 0 Å². The number of amides is 2. The van der Waals surface area contributed by atoms with Gasteiger partial charge in [-0.3, -0.25) is 4.90 Å². The molecule has 4 aliphatic rings. The zero-order valence-electron chi connectivity index (χ0n) is 14.7. The zero-order chi connectivity index (χ0) is 16.4. The number of carbonyl (C=O) groups excluding carboxylic acids is 1. The first kappa shape index (κ1) is 16.6. The second-order valence-electron chi connectivity index (χ2n) is 7.84. The quantitative estimate of drug-likeness (QED) is 0.855. The third kappa shape index (κ3) is 3.55.